The molecule has 0 aliphatic carbocycles. The van der Waals surface area contributed by atoms with Gasteiger partial charge in [-0.3, -0.25) is 9.20 Å². The third kappa shape index (κ3) is 3.86. The highest BCUT2D eigenvalue weighted by Crippen LogP contribution is 2.28. The fourth-order valence-electron chi connectivity index (χ4n) is 2.37. The Hall–Kier alpha value is -2.31. The summed E-state index contributed by atoms with van der Waals surface area (Å²) in [7, 11) is 0. The lowest BCUT2D eigenvalue weighted by atomic mass is 10.2. The zero-order valence-electron chi connectivity index (χ0n) is 13.6. The minimum absolute atomic E-state index is 0.286. The van der Waals surface area contributed by atoms with Gasteiger partial charge in [0.2, 0.25) is 0 Å². The first kappa shape index (κ1) is 17.5. The summed E-state index contributed by atoms with van der Waals surface area (Å²) in [6.45, 7) is 3.48. The lowest BCUT2D eigenvalue weighted by Gasteiger charge is -2.18. The van der Waals surface area contributed by atoms with E-state index in [0.717, 1.165) is 5.65 Å². The second kappa shape index (κ2) is 7.29. The number of amides is 1. The zero-order valence-corrected chi connectivity index (χ0v) is 15.1. The number of pyridine rings is 1. The van der Waals surface area contributed by atoms with Crippen molar-refractivity contribution in [2.24, 2.45) is 0 Å². The summed E-state index contributed by atoms with van der Waals surface area (Å²) in [6, 6.07) is 10.1. The zero-order chi connectivity index (χ0) is 18.0. The van der Waals surface area contributed by atoms with Crippen LogP contribution in [0.2, 0.25) is 10.0 Å². The summed E-state index contributed by atoms with van der Waals surface area (Å²) < 4.78 is 7.45. The molecule has 0 aliphatic rings. The number of benzene rings is 1. The molecule has 0 fully saturated rings. The molecule has 2 atom stereocenters. The Labute approximate surface area is 154 Å². The number of carbonyl (C=O) groups is 1. The molecule has 6 nitrogen and oxygen atoms in total. The van der Waals surface area contributed by atoms with Gasteiger partial charge in [-0.25, -0.2) is 0 Å². The topological polar surface area (TPSA) is 68.5 Å². The highest BCUT2D eigenvalue weighted by molar-refractivity contribution is 6.35. The molecule has 0 radical (unpaired) electrons. The molecule has 1 unspecified atom stereocenters. The second-order valence-electron chi connectivity index (χ2n) is 5.55. The van der Waals surface area contributed by atoms with Gasteiger partial charge in [0.05, 0.1) is 11.1 Å². The van der Waals surface area contributed by atoms with Gasteiger partial charge < -0.3 is 10.1 Å². The van der Waals surface area contributed by atoms with E-state index in [9.17, 15) is 4.79 Å². The van der Waals surface area contributed by atoms with Crippen molar-refractivity contribution in [3.05, 3.63) is 58.5 Å². The number of nitrogens with zero attached hydrogens (tertiary/aromatic N) is 3. The van der Waals surface area contributed by atoms with Gasteiger partial charge in [-0.2, -0.15) is 0 Å². The number of hydrogen-bond acceptors (Lipinski definition) is 4. The molecule has 1 N–H and O–H groups in total. The first-order valence-electron chi connectivity index (χ1n) is 7.67. The Morgan fingerprint density at radius 3 is 2.76 bits per heavy atom. The van der Waals surface area contributed by atoms with Crippen LogP contribution in [0.3, 0.4) is 0 Å². The number of nitrogens with one attached hydrogen (secondary N) is 1. The summed E-state index contributed by atoms with van der Waals surface area (Å²) in [4.78, 5) is 12.4. The Morgan fingerprint density at radius 1 is 1.20 bits per heavy atom. The predicted octanol–water partition coefficient (Wildman–Crippen LogP) is 3.68. The number of carbonyl (C=O) groups excluding carboxylic acids is 1. The van der Waals surface area contributed by atoms with Gasteiger partial charge in [-0.05, 0) is 44.2 Å². The van der Waals surface area contributed by atoms with Crippen LogP contribution in [0.4, 0.5) is 0 Å². The molecule has 2 heterocycles. The SMILES string of the molecule is CC(Oc1ccc(Cl)cc1Cl)C(=O)N[C@@H](C)c1nnc2ccccn12. The third-order valence-electron chi connectivity index (χ3n) is 3.65. The molecule has 1 amide bonds. The van der Waals surface area contributed by atoms with Gasteiger partial charge in [0.15, 0.2) is 17.6 Å². The lowest BCUT2D eigenvalue weighted by Crippen LogP contribution is -2.38. The van der Waals surface area contributed by atoms with Crippen molar-refractivity contribution in [2.45, 2.75) is 26.0 Å². The van der Waals surface area contributed by atoms with Crippen LogP contribution in [0.15, 0.2) is 42.6 Å². The molecule has 0 aliphatic heterocycles. The summed E-state index contributed by atoms with van der Waals surface area (Å²) in [6.07, 6.45) is 1.11. The quantitative estimate of drug-likeness (QED) is 0.734. The minimum atomic E-state index is -0.736. The fraction of sp³-hybridized carbons (Fsp3) is 0.235. The van der Waals surface area contributed by atoms with Gasteiger partial charge >= 0.3 is 0 Å². The number of halogens is 2. The van der Waals surface area contributed by atoms with Crippen molar-refractivity contribution in [3.63, 3.8) is 0 Å². The maximum absolute atomic E-state index is 12.4. The van der Waals surface area contributed by atoms with E-state index < -0.39 is 6.10 Å². The smallest absolute Gasteiger partial charge is 0.261 e. The molecule has 25 heavy (non-hydrogen) atoms. The molecule has 0 spiro atoms. The summed E-state index contributed by atoms with van der Waals surface area (Å²) in [5.41, 5.74) is 0.718. The standard InChI is InChI=1S/C17H16Cl2N4O2/c1-10(16-22-21-15-5-3-4-8-23(15)16)20-17(24)11(2)25-14-7-6-12(18)9-13(14)19/h3-11H,1-2H3,(H,20,24)/t10-,11?/m0/s1. The maximum Gasteiger partial charge on any atom is 0.261 e. The number of fused-ring (bicyclic) bond motifs is 1. The van der Waals surface area contributed by atoms with Crippen LogP contribution < -0.4 is 10.1 Å². The van der Waals surface area contributed by atoms with Crippen molar-refractivity contribution < 1.29 is 9.53 Å². The van der Waals surface area contributed by atoms with E-state index in [4.69, 9.17) is 27.9 Å². The van der Waals surface area contributed by atoms with Crippen LogP contribution in [0, 0.1) is 0 Å². The molecule has 2 aromatic heterocycles. The molecule has 0 saturated heterocycles. The molecule has 8 heteroatoms. The molecule has 1 aromatic carbocycles. The van der Waals surface area contributed by atoms with Gasteiger partial charge in [0, 0.05) is 11.2 Å². The molecular formula is C17H16Cl2N4O2. The Balaban J connectivity index is 1.68. The third-order valence-corrected chi connectivity index (χ3v) is 4.18. The number of aromatic nitrogens is 3. The Bertz CT molecular complexity index is 913. The first-order valence-corrected chi connectivity index (χ1v) is 8.43. The average molecular weight is 379 g/mol. The average Bonchev–Trinajstić information content (AvgIpc) is 3.01. The van der Waals surface area contributed by atoms with Crippen molar-refractivity contribution in [1.29, 1.82) is 0 Å². The second-order valence-corrected chi connectivity index (χ2v) is 6.40. The monoisotopic (exact) mass is 378 g/mol. The van der Waals surface area contributed by atoms with Crippen LogP contribution >= 0.6 is 23.2 Å². The lowest BCUT2D eigenvalue weighted by molar-refractivity contribution is -0.128. The maximum atomic E-state index is 12.4. The molecule has 0 bridgehead atoms. The number of ether oxygens (including phenoxy) is 1. The summed E-state index contributed by atoms with van der Waals surface area (Å²) in [5, 5.41) is 11.9. The van der Waals surface area contributed by atoms with Crippen LogP contribution in [-0.4, -0.2) is 26.6 Å². The van der Waals surface area contributed by atoms with Crippen molar-refractivity contribution in [1.82, 2.24) is 19.9 Å². The van der Waals surface area contributed by atoms with E-state index in [1.165, 1.54) is 0 Å². The van der Waals surface area contributed by atoms with Gasteiger partial charge in [-0.15, -0.1) is 10.2 Å². The van der Waals surface area contributed by atoms with E-state index in [1.54, 1.807) is 25.1 Å². The van der Waals surface area contributed by atoms with Crippen LogP contribution in [0.1, 0.15) is 25.7 Å². The van der Waals surface area contributed by atoms with Crippen molar-refractivity contribution in [2.75, 3.05) is 0 Å². The van der Waals surface area contributed by atoms with Gasteiger partial charge in [0.25, 0.3) is 5.91 Å². The predicted molar refractivity (Wildman–Crippen MR) is 96.1 cm³/mol. The summed E-state index contributed by atoms with van der Waals surface area (Å²) in [5.74, 6) is 0.751. The van der Waals surface area contributed by atoms with E-state index in [-0.39, 0.29) is 11.9 Å². The first-order chi connectivity index (χ1) is 12.0. The summed E-state index contributed by atoms with van der Waals surface area (Å²) >= 11 is 11.9. The van der Waals surface area contributed by atoms with Crippen LogP contribution in [0.5, 0.6) is 5.75 Å². The van der Waals surface area contributed by atoms with E-state index in [2.05, 4.69) is 15.5 Å². The van der Waals surface area contributed by atoms with E-state index in [1.807, 2.05) is 35.7 Å². The number of rotatable bonds is 5. The van der Waals surface area contributed by atoms with Crippen LogP contribution in [-0.2, 0) is 4.79 Å². The molecule has 130 valence electrons. The molecular weight excluding hydrogens is 363 g/mol. The van der Waals surface area contributed by atoms with Crippen molar-refractivity contribution >= 4 is 34.8 Å². The van der Waals surface area contributed by atoms with E-state index in [0.29, 0.717) is 21.6 Å². The molecule has 3 rings (SSSR count). The van der Waals surface area contributed by atoms with Gasteiger partial charge in [0.1, 0.15) is 5.75 Å². The van der Waals surface area contributed by atoms with Crippen molar-refractivity contribution in [3.8, 4) is 5.75 Å². The Kier molecular flexibility index (Phi) is 5.11. The minimum Gasteiger partial charge on any atom is -0.479 e. The Morgan fingerprint density at radius 2 is 2.00 bits per heavy atom. The highest BCUT2D eigenvalue weighted by Gasteiger charge is 2.21. The van der Waals surface area contributed by atoms with Gasteiger partial charge in [-0.1, -0.05) is 29.3 Å². The molecule has 3 aromatic rings. The fourth-order valence-corrected chi connectivity index (χ4v) is 2.82. The highest BCUT2D eigenvalue weighted by atomic mass is 35.5. The normalized spacial score (nSPS) is 13.4. The largest absolute Gasteiger partial charge is 0.479 e. The number of hydrogen-bond donors (Lipinski definition) is 1. The molecule has 0 saturated carbocycles. The van der Waals surface area contributed by atoms with E-state index >= 15 is 0 Å². The van der Waals surface area contributed by atoms with Crippen LogP contribution in [0.25, 0.3) is 5.65 Å².